The maximum atomic E-state index is 12.9. The predicted octanol–water partition coefficient (Wildman–Crippen LogP) is 4.13. The Kier molecular flexibility index (Phi) is 5.23. The third-order valence-corrected chi connectivity index (χ3v) is 5.92. The number of hydrogen-bond donors (Lipinski definition) is 1. The number of rotatable bonds is 6. The Bertz CT molecular complexity index is 1070. The molecule has 0 saturated heterocycles. The molecule has 3 aromatic heterocycles. The van der Waals surface area contributed by atoms with Crippen LogP contribution in [-0.2, 0) is 7.05 Å². The van der Waals surface area contributed by atoms with E-state index in [1.54, 1.807) is 30.0 Å². The number of aromatic nitrogens is 3. The summed E-state index contributed by atoms with van der Waals surface area (Å²) in [6.45, 7) is 0. The lowest BCUT2D eigenvalue weighted by molar-refractivity contribution is 0.0937. The second-order valence-electron chi connectivity index (χ2n) is 6.13. The van der Waals surface area contributed by atoms with Crippen LogP contribution in [0.3, 0.4) is 0 Å². The van der Waals surface area contributed by atoms with Crippen molar-refractivity contribution in [3.8, 4) is 16.3 Å². The molecule has 0 unspecified atom stereocenters. The summed E-state index contributed by atoms with van der Waals surface area (Å²) >= 11 is 3.07. The minimum absolute atomic E-state index is 0.235. The van der Waals surface area contributed by atoms with Crippen LogP contribution in [0.15, 0.2) is 58.9 Å². The Morgan fingerprint density at radius 3 is 2.68 bits per heavy atom. The largest absolute Gasteiger partial charge is 0.497 e. The van der Waals surface area contributed by atoms with E-state index in [0.717, 1.165) is 27.7 Å². The number of aryl methyl sites for hydroxylation is 1. The van der Waals surface area contributed by atoms with Crippen molar-refractivity contribution in [1.82, 2.24) is 19.9 Å². The molecule has 0 fully saturated rings. The fraction of sp³-hybridized carbons (Fsp3) is 0.150. The number of thiophene rings is 1. The number of thiazole rings is 1. The Morgan fingerprint density at radius 2 is 2.04 bits per heavy atom. The van der Waals surface area contributed by atoms with Crippen LogP contribution in [-0.4, -0.2) is 27.6 Å². The third-order valence-electron chi connectivity index (χ3n) is 4.35. The van der Waals surface area contributed by atoms with Crippen molar-refractivity contribution in [3.63, 3.8) is 0 Å². The molecule has 6 nitrogen and oxygen atoms in total. The molecule has 0 spiro atoms. The molecule has 0 aliphatic rings. The lowest BCUT2D eigenvalue weighted by Gasteiger charge is -2.19. The average molecular weight is 411 g/mol. The average Bonchev–Trinajstić information content (AvgIpc) is 3.47. The highest BCUT2D eigenvalue weighted by Gasteiger charge is 2.23. The number of nitrogens with zero attached hydrogens (tertiary/aromatic N) is 3. The van der Waals surface area contributed by atoms with Gasteiger partial charge in [0.05, 0.1) is 7.11 Å². The van der Waals surface area contributed by atoms with E-state index in [2.05, 4.69) is 15.3 Å². The van der Waals surface area contributed by atoms with Gasteiger partial charge in [0.1, 0.15) is 28.3 Å². The molecular weight excluding hydrogens is 392 g/mol. The fourth-order valence-electron chi connectivity index (χ4n) is 2.85. The molecule has 4 rings (SSSR count). The minimum atomic E-state index is -0.398. The van der Waals surface area contributed by atoms with Gasteiger partial charge in [-0.1, -0.05) is 12.1 Å². The highest BCUT2D eigenvalue weighted by molar-refractivity contribution is 7.14. The second-order valence-corrected chi connectivity index (χ2v) is 7.76. The van der Waals surface area contributed by atoms with Crippen LogP contribution in [0.4, 0.5) is 0 Å². The van der Waals surface area contributed by atoms with Gasteiger partial charge in [0.2, 0.25) is 0 Å². The molecular formula is C20H18N4O2S2. The number of imidazole rings is 1. The number of amides is 1. The lowest BCUT2D eigenvalue weighted by Crippen LogP contribution is -2.31. The Morgan fingerprint density at radius 1 is 1.21 bits per heavy atom. The summed E-state index contributed by atoms with van der Waals surface area (Å²) in [6.07, 6.45) is 3.57. The monoisotopic (exact) mass is 410 g/mol. The molecule has 0 radical (unpaired) electrons. The van der Waals surface area contributed by atoms with Crippen LogP contribution in [0.25, 0.3) is 10.6 Å². The van der Waals surface area contributed by atoms with Crippen molar-refractivity contribution < 1.29 is 9.53 Å². The third kappa shape index (κ3) is 3.69. The standard InChI is InChI=1S/C20H18N4O2S2/c1-24-9-8-21-18(24)17(13-3-5-15(26-2)6-4-13)23-19(25)16-12-28-20(22-16)14-7-10-27-11-14/h3-12,17H,1-2H3,(H,23,25)/t17-/m0/s1. The van der Waals surface area contributed by atoms with E-state index < -0.39 is 6.04 Å². The van der Waals surface area contributed by atoms with Gasteiger partial charge in [0.25, 0.3) is 5.91 Å². The minimum Gasteiger partial charge on any atom is -0.497 e. The van der Waals surface area contributed by atoms with Gasteiger partial charge in [-0.3, -0.25) is 4.79 Å². The summed E-state index contributed by atoms with van der Waals surface area (Å²) in [4.78, 5) is 21.8. The van der Waals surface area contributed by atoms with E-state index in [9.17, 15) is 4.79 Å². The normalized spacial score (nSPS) is 11.9. The van der Waals surface area contributed by atoms with Crippen molar-refractivity contribution in [2.24, 2.45) is 7.05 Å². The topological polar surface area (TPSA) is 69.0 Å². The summed E-state index contributed by atoms with van der Waals surface area (Å²) < 4.78 is 7.13. The summed E-state index contributed by atoms with van der Waals surface area (Å²) in [5.41, 5.74) is 2.35. The number of ether oxygens (including phenoxy) is 1. The van der Waals surface area contributed by atoms with Crippen molar-refractivity contribution in [3.05, 3.63) is 75.9 Å². The summed E-state index contributed by atoms with van der Waals surface area (Å²) in [5, 5.41) is 9.71. The van der Waals surface area contributed by atoms with E-state index >= 15 is 0 Å². The van der Waals surface area contributed by atoms with Crippen LogP contribution < -0.4 is 10.1 Å². The molecule has 1 amide bonds. The molecule has 1 N–H and O–H groups in total. The summed E-state index contributed by atoms with van der Waals surface area (Å²) in [6, 6.07) is 9.19. The van der Waals surface area contributed by atoms with Crippen LogP contribution in [0, 0.1) is 0 Å². The van der Waals surface area contributed by atoms with Crippen molar-refractivity contribution >= 4 is 28.6 Å². The van der Waals surface area contributed by atoms with E-state index in [-0.39, 0.29) is 5.91 Å². The van der Waals surface area contributed by atoms with Crippen LogP contribution >= 0.6 is 22.7 Å². The van der Waals surface area contributed by atoms with Crippen molar-refractivity contribution in [2.75, 3.05) is 7.11 Å². The zero-order chi connectivity index (χ0) is 19.5. The summed E-state index contributed by atoms with van der Waals surface area (Å²) in [7, 11) is 3.53. The van der Waals surface area contributed by atoms with E-state index in [1.807, 2.05) is 58.9 Å². The fourth-order valence-corrected chi connectivity index (χ4v) is 4.36. The number of carbonyl (C=O) groups is 1. The number of benzene rings is 1. The zero-order valence-corrected chi connectivity index (χ0v) is 17.0. The van der Waals surface area contributed by atoms with Gasteiger partial charge in [-0.25, -0.2) is 9.97 Å². The van der Waals surface area contributed by atoms with Crippen LogP contribution in [0.2, 0.25) is 0 Å². The Labute approximate surface area is 170 Å². The first-order valence-corrected chi connectivity index (χ1v) is 10.4. The number of carbonyl (C=O) groups excluding carboxylic acids is 1. The van der Waals surface area contributed by atoms with Crippen molar-refractivity contribution in [1.29, 1.82) is 0 Å². The van der Waals surface area contributed by atoms with Gasteiger partial charge in [-0.15, -0.1) is 11.3 Å². The first kappa shape index (κ1) is 18.4. The van der Waals surface area contributed by atoms with Gasteiger partial charge in [0.15, 0.2) is 0 Å². The van der Waals surface area contributed by atoms with E-state index in [0.29, 0.717) is 5.69 Å². The second kappa shape index (κ2) is 7.95. The first-order chi connectivity index (χ1) is 13.7. The smallest absolute Gasteiger partial charge is 0.271 e. The van der Waals surface area contributed by atoms with Gasteiger partial charge >= 0.3 is 0 Å². The highest BCUT2D eigenvalue weighted by atomic mass is 32.1. The molecule has 4 aromatic rings. The predicted molar refractivity (Wildman–Crippen MR) is 111 cm³/mol. The molecule has 0 saturated carbocycles. The van der Waals surface area contributed by atoms with Gasteiger partial charge in [-0.05, 0) is 29.1 Å². The molecule has 1 atom stereocenters. The zero-order valence-electron chi connectivity index (χ0n) is 15.3. The van der Waals surface area contributed by atoms with E-state index in [4.69, 9.17) is 4.74 Å². The molecule has 1 aromatic carbocycles. The molecule has 28 heavy (non-hydrogen) atoms. The van der Waals surface area contributed by atoms with E-state index in [1.165, 1.54) is 11.3 Å². The van der Waals surface area contributed by atoms with Gasteiger partial charge in [-0.2, -0.15) is 11.3 Å². The molecule has 0 aliphatic heterocycles. The highest BCUT2D eigenvalue weighted by Crippen LogP contribution is 2.27. The molecule has 142 valence electrons. The number of nitrogens with one attached hydrogen (secondary N) is 1. The number of methoxy groups -OCH3 is 1. The number of hydrogen-bond acceptors (Lipinski definition) is 6. The Balaban J connectivity index is 1.62. The Hall–Kier alpha value is -2.97. The first-order valence-electron chi connectivity index (χ1n) is 8.56. The lowest BCUT2D eigenvalue weighted by atomic mass is 10.1. The molecule has 3 heterocycles. The maximum Gasteiger partial charge on any atom is 0.271 e. The molecule has 0 bridgehead atoms. The van der Waals surface area contributed by atoms with Crippen molar-refractivity contribution in [2.45, 2.75) is 6.04 Å². The van der Waals surface area contributed by atoms with Crippen LogP contribution in [0.1, 0.15) is 27.9 Å². The summed E-state index contributed by atoms with van der Waals surface area (Å²) in [5.74, 6) is 1.27. The molecule has 0 aliphatic carbocycles. The van der Waals surface area contributed by atoms with Crippen LogP contribution in [0.5, 0.6) is 5.75 Å². The SMILES string of the molecule is COc1ccc([C@H](NC(=O)c2csc(-c3ccsc3)n2)c2nccn2C)cc1. The van der Waals surface area contributed by atoms with Gasteiger partial charge in [0, 0.05) is 35.8 Å². The van der Waals surface area contributed by atoms with Gasteiger partial charge < -0.3 is 14.6 Å². The molecule has 8 heteroatoms. The quantitative estimate of drug-likeness (QED) is 0.519. The maximum absolute atomic E-state index is 12.9.